The van der Waals surface area contributed by atoms with Crippen molar-refractivity contribution in [1.29, 1.82) is 0 Å². The van der Waals surface area contributed by atoms with Gasteiger partial charge in [0.25, 0.3) is 0 Å². The summed E-state index contributed by atoms with van der Waals surface area (Å²) in [7, 11) is 3.29. The summed E-state index contributed by atoms with van der Waals surface area (Å²) in [4.78, 5) is 11.8. The predicted octanol–water partition coefficient (Wildman–Crippen LogP) is 4.35. The fourth-order valence-corrected chi connectivity index (χ4v) is 3.69. The van der Waals surface area contributed by atoms with Crippen molar-refractivity contribution in [1.82, 2.24) is 15.6 Å². The zero-order chi connectivity index (χ0) is 21.9. The van der Waals surface area contributed by atoms with E-state index in [2.05, 4.69) is 39.6 Å². The largest absolute Gasteiger partial charge is 0.493 e. The Labute approximate surface area is 209 Å². The Balaban J connectivity index is 0.00000363. The molecule has 0 saturated carbocycles. The van der Waals surface area contributed by atoms with Crippen molar-refractivity contribution in [2.24, 2.45) is 4.99 Å². The summed E-state index contributed by atoms with van der Waals surface area (Å²) in [5.74, 6) is 3.30. The number of nitrogens with one attached hydrogen (secondary N) is 2. The van der Waals surface area contributed by atoms with Gasteiger partial charge in [-0.05, 0) is 49.1 Å². The summed E-state index contributed by atoms with van der Waals surface area (Å²) in [5.41, 5.74) is 2.19. The lowest BCUT2D eigenvalue weighted by atomic mass is 10.2. The third kappa shape index (κ3) is 7.72. The highest BCUT2D eigenvalue weighted by Crippen LogP contribution is 2.27. The van der Waals surface area contributed by atoms with Gasteiger partial charge < -0.3 is 25.0 Å². The zero-order valence-corrected chi connectivity index (χ0v) is 21.7. The van der Waals surface area contributed by atoms with Gasteiger partial charge in [0, 0.05) is 32.4 Å². The van der Waals surface area contributed by atoms with Crippen molar-refractivity contribution in [3.05, 3.63) is 47.7 Å². The van der Waals surface area contributed by atoms with E-state index in [4.69, 9.17) is 14.5 Å². The van der Waals surface area contributed by atoms with Gasteiger partial charge in [0.05, 0.1) is 20.8 Å². The first kappa shape index (κ1) is 26.0. The molecule has 1 saturated heterocycles. The summed E-state index contributed by atoms with van der Waals surface area (Å²) < 4.78 is 10.7. The van der Waals surface area contributed by atoms with Crippen LogP contribution in [0.15, 0.2) is 41.5 Å². The average molecular weight is 553 g/mol. The van der Waals surface area contributed by atoms with Crippen LogP contribution in [0, 0.1) is 0 Å². The molecule has 0 radical (unpaired) electrons. The molecule has 176 valence electrons. The number of hydrogen-bond donors (Lipinski definition) is 2. The van der Waals surface area contributed by atoms with E-state index in [1.54, 1.807) is 14.2 Å². The molecule has 0 unspecified atom stereocenters. The summed E-state index contributed by atoms with van der Waals surface area (Å²) >= 11 is 0. The Bertz CT molecular complexity index is 837. The number of benzene rings is 1. The highest BCUT2D eigenvalue weighted by atomic mass is 127. The van der Waals surface area contributed by atoms with E-state index in [1.165, 1.54) is 25.7 Å². The topological polar surface area (TPSA) is 71.0 Å². The van der Waals surface area contributed by atoms with Crippen LogP contribution in [0.5, 0.6) is 11.5 Å². The molecular formula is C24H36IN5O2. The third-order valence-corrected chi connectivity index (χ3v) is 5.41. The normalized spacial score (nSPS) is 14.2. The lowest BCUT2D eigenvalue weighted by Crippen LogP contribution is -2.36. The molecule has 0 atom stereocenters. The smallest absolute Gasteiger partial charge is 0.191 e. The molecule has 1 aliphatic rings. The Morgan fingerprint density at radius 2 is 1.69 bits per heavy atom. The maximum absolute atomic E-state index is 5.39. The average Bonchev–Trinajstić information content (AvgIpc) is 3.10. The van der Waals surface area contributed by atoms with Gasteiger partial charge in [-0.25, -0.2) is 9.98 Å². The first-order valence-corrected chi connectivity index (χ1v) is 11.2. The zero-order valence-electron chi connectivity index (χ0n) is 19.4. The monoisotopic (exact) mass is 553 g/mol. The van der Waals surface area contributed by atoms with Crippen LogP contribution in [0.1, 0.15) is 43.7 Å². The number of methoxy groups -OCH3 is 2. The van der Waals surface area contributed by atoms with E-state index in [1.807, 2.05) is 24.4 Å². The number of nitrogens with zero attached hydrogens (tertiary/aromatic N) is 3. The molecule has 1 aromatic carbocycles. The number of hydrogen-bond acceptors (Lipinski definition) is 5. The molecule has 2 N–H and O–H groups in total. The molecule has 8 heteroatoms. The van der Waals surface area contributed by atoms with Crippen molar-refractivity contribution in [2.75, 3.05) is 38.8 Å². The number of pyridine rings is 1. The summed E-state index contributed by atoms with van der Waals surface area (Å²) in [6.07, 6.45) is 7.11. The van der Waals surface area contributed by atoms with Crippen molar-refractivity contribution >= 4 is 35.8 Å². The molecular weight excluding hydrogens is 517 g/mol. The summed E-state index contributed by atoms with van der Waals surface area (Å²) in [6.45, 7) is 6.28. The van der Waals surface area contributed by atoms with E-state index >= 15 is 0 Å². The first-order valence-electron chi connectivity index (χ1n) is 11.2. The molecule has 7 nitrogen and oxygen atoms in total. The van der Waals surface area contributed by atoms with Gasteiger partial charge >= 0.3 is 0 Å². The van der Waals surface area contributed by atoms with Gasteiger partial charge in [-0.1, -0.05) is 25.0 Å². The van der Waals surface area contributed by atoms with E-state index in [0.717, 1.165) is 54.0 Å². The maximum Gasteiger partial charge on any atom is 0.191 e. The van der Waals surface area contributed by atoms with Crippen LogP contribution in [-0.2, 0) is 13.1 Å². The van der Waals surface area contributed by atoms with Crippen LogP contribution in [0.25, 0.3) is 0 Å². The van der Waals surface area contributed by atoms with Crippen molar-refractivity contribution in [3.63, 3.8) is 0 Å². The van der Waals surface area contributed by atoms with Gasteiger partial charge in [-0.3, -0.25) is 0 Å². The molecule has 3 rings (SSSR count). The number of anilines is 1. The lowest BCUT2D eigenvalue weighted by molar-refractivity contribution is 0.354. The quantitative estimate of drug-likeness (QED) is 0.288. The van der Waals surface area contributed by atoms with E-state index < -0.39 is 0 Å². The van der Waals surface area contributed by atoms with Crippen LogP contribution in [0.3, 0.4) is 0 Å². The molecule has 1 aliphatic heterocycles. The van der Waals surface area contributed by atoms with Crippen LogP contribution >= 0.6 is 24.0 Å². The predicted molar refractivity (Wildman–Crippen MR) is 142 cm³/mol. The van der Waals surface area contributed by atoms with Crippen LogP contribution in [-0.4, -0.2) is 44.8 Å². The lowest BCUT2D eigenvalue weighted by Gasteiger charge is -2.21. The second-order valence-corrected chi connectivity index (χ2v) is 7.66. The number of guanidine groups is 1. The van der Waals surface area contributed by atoms with Crippen molar-refractivity contribution in [2.45, 2.75) is 45.7 Å². The molecule has 2 aromatic rings. The van der Waals surface area contributed by atoms with Crippen LogP contribution in [0.4, 0.5) is 5.82 Å². The minimum atomic E-state index is 0. The Hall–Kier alpha value is -2.23. The number of ether oxygens (including phenoxy) is 2. The van der Waals surface area contributed by atoms with Crippen LogP contribution < -0.4 is 25.0 Å². The highest BCUT2D eigenvalue weighted by Gasteiger charge is 2.11. The molecule has 0 bridgehead atoms. The van der Waals surface area contributed by atoms with E-state index in [9.17, 15) is 0 Å². The summed E-state index contributed by atoms with van der Waals surface area (Å²) in [5, 5.41) is 6.68. The van der Waals surface area contributed by atoms with Gasteiger partial charge in [0.15, 0.2) is 17.5 Å². The number of rotatable bonds is 8. The molecule has 0 aliphatic carbocycles. The van der Waals surface area contributed by atoms with E-state index in [0.29, 0.717) is 13.1 Å². The standard InChI is InChI=1S/C24H35N5O2.HI/c1-4-25-24(27-16-19-9-11-21(30-2)22(15-19)31-3)28-18-20-10-12-23(26-17-20)29-13-7-5-6-8-14-29;/h9-12,15,17H,4-8,13-14,16,18H2,1-3H3,(H2,25,27,28);1H. The van der Waals surface area contributed by atoms with Gasteiger partial charge in [0.1, 0.15) is 5.82 Å². The molecule has 32 heavy (non-hydrogen) atoms. The minimum Gasteiger partial charge on any atom is -0.493 e. The number of aliphatic imine (C=N–C) groups is 1. The van der Waals surface area contributed by atoms with Gasteiger partial charge in [-0.2, -0.15) is 0 Å². The fourth-order valence-electron chi connectivity index (χ4n) is 3.69. The van der Waals surface area contributed by atoms with Gasteiger partial charge in [0.2, 0.25) is 0 Å². The molecule has 0 amide bonds. The number of halogens is 1. The van der Waals surface area contributed by atoms with Crippen molar-refractivity contribution < 1.29 is 9.47 Å². The molecule has 1 aromatic heterocycles. The van der Waals surface area contributed by atoms with Crippen molar-refractivity contribution in [3.8, 4) is 11.5 Å². The number of aromatic nitrogens is 1. The Morgan fingerprint density at radius 3 is 2.31 bits per heavy atom. The second-order valence-electron chi connectivity index (χ2n) is 7.66. The molecule has 1 fully saturated rings. The Morgan fingerprint density at radius 1 is 0.969 bits per heavy atom. The second kappa shape index (κ2) is 14.0. The molecule has 2 heterocycles. The SMILES string of the molecule is CCNC(=NCc1ccc(N2CCCCCC2)nc1)NCc1ccc(OC)c(OC)c1.I. The summed E-state index contributed by atoms with van der Waals surface area (Å²) in [6, 6.07) is 10.2. The van der Waals surface area contributed by atoms with Gasteiger partial charge in [-0.15, -0.1) is 24.0 Å². The highest BCUT2D eigenvalue weighted by molar-refractivity contribution is 14.0. The van der Waals surface area contributed by atoms with E-state index in [-0.39, 0.29) is 24.0 Å². The first-order chi connectivity index (χ1) is 15.2. The Kier molecular flexibility index (Phi) is 11.4. The minimum absolute atomic E-state index is 0. The fraction of sp³-hybridized carbons (Fsp3) is 0.500. The van der Waals surface area contributed by atoms with Crippen LogP contribution in [0.2, 0.25) is 0 Å². The third-order valence-electron chi connectivity index (χ3n) is 5.41. The molecule has 0 spiro atoms. The maximum atomic E-state index is 5.39.